The summed E-state index contributed by atoms with van der Waals surface area (Å²) in [4.78, 5) is 62.7. The van der Waals surface area contributed by atoms with Crippen LogP contribution in [0.15, 0.2) is 58.5 Å². The van der Waals surface area contributed by atoms with E-state index < -0.39 is 46.8 Å². The first kappa shape index (κ1) is 54.0. The number of nitrogens with zero attached hydrogens (tertiary/aromatic N) is 7. The third-order valence-electron chi connectivity index (χ3n) is 10.1. The zero-order valence-electron chi connectivity index (χ0n) is 42.9. The van der Waals surface area contributed by atoms with Crippen molar-refractivity contribution < 1.29 is 52.7 Å². The molecule has 0 bridgehead atoms. The van der Waals surface area contributed by atoms with Gasteiger partial charge in [-0.3, -0.25) is 10.6 Å². The molecule has 0 radical (unpaired) electrons. The second-order valence-electron chi connectivity index (χ2n) is 20.5. The summed E-state index contributed by atoms with van der Waals surface area (Å²) in [5, 5.41) is 24.7. The van der Waals surface area contributed by atoms with Crippen LogP contribution in [0.25, 0.3) is 33.9 Å². The van der Waals surface area contributed by atoms with E-state index in [9.17, 15) is 24.3 Å². The number of ether oxygens (including phenoxy) is 6. The first-order chi connectivity index (χ1) is 32.7. The summed E-state index contributed by atoms with van der Waals surface area (Å²) in [7, 11) is 3.14. The minimum Gasteiger partial charge on any atom is -0.496 e. The molecule has 1 aromatic heterocycles. The molecular formula is C50H69N9O11. The average molecular weight is 972 g/mol. The maximum absolute atomic E-state index is 12.8. The normalized spacial score (nSPS) is 15.1. The minimum atomic E-state index is -0.844. The molecule has 2 aliphatic heterocycles. The molecule has 5 rings (SSSR count). The average Bonchev–Trinajstić information content (AvgIpc) is 3.66. The van der Waals surface area contributed by atoms with E-state index in [4.69, 9.17) is 28.4 Å². The summed E-state index contributed by atoms with van der Waals surface area (Å²) in [6.45, 7) is 22.3. The van der Waals surface area contributed by atoms with Gasteiger partial charge in [0, 0.05) is 32.7 Å². The maximum atomic E-state index is 12.8. The van der Waals surface area contributed by atoms with E-state index in [1.54, 1.807) is 107 Å². The van der Waals surface area contributed by atoms with Gasteiger partial charge in [0.25, 0.3) is 0 Å². The highest BCUT2D eigenvalue weighted by Gasteiger charge is 2.28. The second-order valence-corrected chi connectivity index (χ2v) is 20.5. The van der Waals surface area contributed by atoms with E-state index in [1.165, 1.54) is 0 Å². The molecule has 4 amide bonds. The Morgan fingerprint density at radius 1 is 0.600 bits per heavy atom. The predicted octanol–water partition coefficient (Wildman–Crippen LogP) is 8.43. The van der Waals surface area contributed by atoms with Crippen molar-refractivity contribution >= 4 is 47.4 Å². The van der Waals surface area contributed by atoms with Gasteiger partial charge in [-0.15, -0.1) is 20.2 Å². The number of alkyl carbamates (subject to hydrolysis) is 2. The molecule has 0 unspecified atom stereocenters. The zero-order valence-corrected chi connectivity index (χ0v) is 42.9. The number of aliphatic hydroxyl groups excluding tert-OH is 1. The Labute approximate surface area is 410 Å². The number of hydrogen-bond acceptors (Lipinski definition) is 13. The summed E-state index contributed by atoms with van der Waals surface area (Å²) < 4.78 is 35.4. The van der Waals surface area contributed by atoms with E-state index in [0.717, 1.165) is 22.3 Å². The number of amides is 4. The highest BCUT2D eigenvalue weighted by atomic mass is 16.6. The molecule has 0 saturated carbocycles. The van der Waals surface area contributed by atoms with Crippen molar-refractivity contribution in [1.82, 2.24) is 35.2 Å². The number of aliphatic imine (C=N–C) groups is 2. The Bertz CT molecular complexity index is 2370. The van der Waals surface area contributed by atoms with Crippen molar-refractivity contribution in [3.63, 3.8) is 0 Å². The Hall–Kier alpha value is -6.96. The summed E-state index contributed by atoms with van der Waals surface area (Å²) in [5.41, 5.74) is 1.97. The van der Waals surface area contributed by atoms with Crippen molar-refractivity contribution in [2.24, 2.45) is 9.98 Å². The van der Waals surface area contributed by atoms with Gasteiger partial charge in [0.2, 0.25) is 11.9 Å². The number of carbonyl (C=O) groups excluding carboxylic acids is 4. The van der Waals surface area contributed by atoms with E-state index in [-0.39, 0.29) is 25.1 Å². The van der Waals surface area contributed by atoms with Gasteiger partial charge in [0.15, 0.2) is 11.6 Å². The molecule has 0 aliphatic carbocycles. The molecule has 3 heterocycles. The molecule has 3 N–H and O–H groups in total. The van der Waals surface area contributed by atoms with E-state index in [0.29, 0.717) is 73.3 Å². The number of hydrogen-bond donors (Lipinski definition) is 3. The number of guanidine groups is 2. The monoisotopic (exact) mass is 972 g/mol. The third kappa shape index (κ3) is 15.5. The number of aliphatic hydroxyl groups is 1. The lowest BCUT2D eigenvalue weighted by atomic mass is 9.97. The Morgan fingerprint density at radius 2 is 0.971 bits per heavy atom. The van der Waals surface area contributed by atoms with Gasteiger partial charge in [-0.05, 0) is 142 Å². The van der Waals surface area contributed by atoms with Gasteiger partial charge < -0.3 is 47.9 Å². The third-order valence-corrected chi connectivity index (χ3v) is 10.1. The molecule has 0 spiro atoms. The SMILES string of the molecule is COc1cc(C2=CCN(/C(=N\C(=O)OC(C)(C)C)NC(=O)OC(C)(C)C)CC2)ccc1-c1nnc(-c2ccc(C3=CCN(/C(=N\C(=O)OC(C)(C)C)NC(=O)OC(C)(C)C)CC3)cc2OC)n1CCO. The van der Waals surface area contributed by atoms with Gasteiger partial charge >= 0.3 is 24.4 Å². The zero-order chi connectivity index (χ0) is 51.8. The van der Waals surface area contributed by atoms with Crippen LogP contribution < -0.4 is 20.1 Å². The Kier molecular flexibility index (Phi) is 17.1. The van der Waals surface area contributed by atoms with E-state index in [2.05, 4.69) is 30.8 Å². The number of aromatic nitrogens is 3. The van der Waals surface area contributed by atoms with Gasteiger partial charge in [0.1, 0.15) is 33.9 Å². The quantitative estimate of drug-likeness (QED) is 0.109. The summed E-state index contributed by atoms with van der Waals surface area (Å²) in [6, 6.07) is 11.5. The Morgan fingerprint density at radius 3 is 1.27 bits per heavy atom. The number of benzene rings is 2. The number of nitrogens with one attached hydrogen (secondary N) is 2. The fraction of sp³-hybridized carbons (Fsp3) is 0.520. The highest BCUT2D eigenvalue weighted by molar-refractivity contribution is 6.00. The van der Waals surface area contributed by atoms with Gasteiger partial charge in [-0.1, -0.05) is 24.3 Å². The molecule has 0 atom stereocenters. The van der Waals surface area contributed by atoms with Crippen LogP contribution >= 0.6 is 0 Å². The summed E-state index contributed by atoms with van der Waals surface area (Å²) in [6.07, 6.45) is 1.87. The summed E-state index contributed by atoms with van der Waals surface area (Å²) >= 11 is 0. The van der Waals surface area contributed by atoms with Crippen LogP contribution in [-0.4, -0.2) is 135 Å². The fourth-order valence-electron chi connectivity index (χ4n) is 7.30. The predicted molar refractivity (Wildman–Crippen MR) is 265 cm³/mol. The molecule has 70 heavy (non-hydrogen) atoms. The van der Waals surface area contributed by atoms with Crippen molar-refractivity contribution in [2.75, 3.05) is 47.0 Å². The number of rotatable bonds is 8. The van der Waals surface area contributed by atoms with Gasteiger partial charge in [-0.25, -0.2) is 19.2 Å². The molecule has 20 nitrogen and oxygen atoms in total. The fourth-order valence-corrected chi connectivity index (χ4v) is 7.30. The molecule has 2 aliphatic rings. The van der Waals surface area contributed by atoms with Crippen LogP contribution in [0.1, 0.15) is 107 Å². The number of methoxy groups -OCH3 is 2. The molecule has 20 heteroatoms. The highest BCUT2D eigenvalue weighted by Crippen LogP contribution is 2.38. The van der Waals surface area contributed by atoms with E-state index >= 15 is 0 Å². The molecular weight excluding hydrogens is 903 g/mol. The molecule has 380 valence electrons. The largest absolute Gasteiger partial charge is 0.496 e. The molecule has 0 saturated heterocycles. The lowest BCUT2D eigenvalue weighted by molar-refractivity contribution is 0.0536. The van der Waals surface area contributed by atoms with Gasteiger partial charge in [0.05, 0.1) is 32.0 Å². The van der Waals surface area contributed by atoms with Crippen LogP contribution in [0.5, 0.6) is 11.5 Å². The second kappa shape index (κ2) is 22.2. The smallest absolute Gasteiger partial charge is 0.437 e. The standard InChI is InChI=1S/C50H69N9O11/c1-47(2,3)67-43(61)51-41(52-44(62)68-48(4,5)6)57-23-19-31(20-24-57)33-15-17-35(37(29-33)65-13)39-55-56-40(59(39)27-28-60)36-18-16-34(30-38(36)66-14)32-21-25-58(26-22-32)42(53-45(63)69-49(7,8)9)54-46(64)70-50(10,11)12/h15-19,21,29-30,60H,20,22-28H2,1-14H3,(H,51,52,61,62)(H,53,54,63,64). The van der Waals surface area contributed by atoms with Crippen molar-refractivity contribution in [3.8, 4) is 34.3 Å². The van der Waals surface area contributed by atoms with Crippen molar-refractivity contribution in [1.29, 1.82) is 0 Å². The maximum Gasteiger partial charge on any atom is 0.437 e. The van der Waals surface area contributed by atoms with Crippen LogP contribution in [0.2, 0.25) is 0 Å². The first-order valence-corrected chi connectivity index (χ1v) is 23.1. The first-order valence-electron chi connectivity index (χ1n) is 23.1. The van der Waals surface area contributed by atoms with Crippen LogP contribution in [0.4, 0.5) is 19.2 Å². The lowest BCUT2D eigenvalue weighted by Crippen LogP contribution is -2.48. The lowest BCUT2D eigenvalue weighted by Gasteiger charge is -2.30. The van der Waals surface area contributed by atoms with Crippen LogP contribution in [0, 0.1) is 0 Å². The minimum absolute atomic E-state index is 0.0169. The topological polar surface area (TPSA) is 230 Å². The summed E-state index contributed by atoms with van der Waals surface area (Å²) in [5.74, 6) is 2.03. The van der Waals surface area contributed by atoms with E-state index in [1.807, 2.05) is 53.1 Å². The van der Waals surface area contributed by atoms with Crippen molar-refractivity contribution in [3.05, 3.63) is 59.7 Å². The van der Waals surface area contributed by atoms with Crippen LogP contribution in [0.3, 0.4) is 0 Å². The van der Waals surface area contributed by atoms with Crippen molar-refractivity contribution in [2.45, 2.75) is 125 Å². The molecule has 0 fully saturated rings. The Balaban J connectivity index is 1.38. The molecule has 3 aromatic rings. The van der Waals surface area contributed by atoms with Crippen LogP contribution in [-0.2, 0) is 25.5 Å². The number of carbonyl (C=O) groups is 4. The van der Waals surface area contributed by atoms with Gasteiger partial charge in [-0.2, -0.15) is 0 Å². The molecule has 2 aromatic carbocycles.